The van der Waals surface area contributed by atoms with E-state index in [2.05, 4.69) is 10.3 Å². The van der Waals surface area contributed by atoms with Gasteiger partial charge in [-0.25, -0.2) is 4.98 Å². The van der Waals surface area contributed by atoms with Gasteiger partial charge in [-0.2, -0.15) is 5.26 Å². The fraction of sp³-hybridized carbons (Fsp3) is 0.333. The summed E-state index contributed by atoms with van der Waals surface area (Å²) in [4.78, 5) is 3.95. The standard InChI is InChI=1S/C9H12N4O/c1-6(14)4-12-9-8(11)2-7(3-10)5-13-9/h2,5-6,14H,4,11H2,1H3,(H,12,13). The van der Waals surface area contributed by atoms with Crippen molar-refractivity contribution >= 4 is 11.5 Å². The number of nitrogens with two attached hydrogens (primary N) is 1. The number of hydrogen-bond acceptors (Lipinski definition) is 5. The lowest BCUT2D eigenvalue weighted by Gasteiger charge is -2.09. The van der Waals surface area contributed by atoms with Crippen molar-refractivity contribution < 1.29 is 5.11 Å². The number of nitriles is 1. The van der Waals surface area contributed by atoms with E-state index in [1.807, 2.05) is 6.07 Å². The van der Waals surface area contributed by atoms with Gasteiger partial charge < -0.3 is 16.2 Å². The fourth-order valence-corrected chi connectivity index (χ4v) is 0.935. The van der Waals surface area contributed by atoms with E-state index >= 15 is 0 Å². The molecule has 1 rings (SSSR count). The summed E-state index contributed by atoms with van der Waals surface area (Å²) in [6.45, 7) is 2.04. The molecule has 0 bridgehead atoms. The van der Waals surface area contributed by atoms with E-state index in [9.17, 15) is 0 Å². The SMILES string of the molecule is CC(O)CNc1ncc(C#N)cc1N. The van der Waals surface area contributed by atoms with Crippen molar-refractivity contribution in [2.24, 2.45) is 0 Å². The minimum atomic E-state index is -0.466. The van der Waals surface area contributed by atoms with Crippen molar-refractivity contribution in [3.63, 3.8) is 0 Å². The van der Waals surface area contributed by atoms with Gasteiger partial charge in [-0.15, -0.1) is 0 Å². The maximum atomic E-state index is 9.02. The first-order chi connectivity index (χ1) is 6.63. The molecule has 0 aliphatic carbocycles. The van der Waals surface area contributed by atoms with Crippen molar-refractivity contribution in [3.8, 4) is 6.07 Å². The Morgan fingerprint density at radius 3 is 3.00 bits per heavy atom. The van der Waals surface area contributed by atoms with Crippen molar-refractivity contribution in [3.05, 3.63) is 17.8 Å². The van der Waals surface area contributed by atoms with Crippen molar-refractivity contribution in [1.82, 2.24) is 4.98 Å². The summed E-state index contributed by atoms with van der Waals surface area (Å²) < 4.78 is 0. The van der Waals surface area contributed by atoms with Gasteiger partial charge in [-0.3, -0.25) is 0 Å². The summed E-state index contributed by atoms with van der Waals surface area (Å²) in [6, 6.07) is 3.48. The van der Waals surface area contributed by atoms with Gasteiger partial charge in [0, 0.05) is 12.7 Å². The van der Waals surface area contributed by atoms with E-state index in [1.165, 1.54) is 12.3 Å². The number of aromatic nitrogens is 1. The Morgan fingerprint density at radius 1 is 1.79 bits per heavy atom. The van der Waals surface area contributed by atoms with Gasteiger partial charge in [0.2, 0.25) is 0 Å². The van der Waals surface area contributed by atoms with E-state index in [0.29, 0.717) is 23.6 Å². The topological polar surface area (TPSA) is 95.0 Å². The van der Waals surface area contributed by atoms with Crippen LogP contribution < -0.4 is 11.1 Å². The molecule has 1 heterocycles. The van der Waals surface area contributed by atoms with Gasteiger partial charge in [0.15, 0.2) is 0 Å². The van der Waals surface area contributed by atoms with Crippen LogP contribution in [0.15, 0.2) is 12.3 Å². The molecular weight excluding hydrogens is 180 g/mol. The van der Waals surface area contributed by atoms with Crippen LogP contribution in [-0.2, 0) is 0 Å². The molecule has 0 spiro atoms. The van der Waals surface area contributed by atoms with Crippen LogP contribution in [-0.4, -0.2) is 22.7 Å². The second-order valence-corrected chi connectivity index (χ2v) is 3.00. The summed E-state index contributed by atoms with van der Waals surface area (Å²) in [5.74, 6) is 0.491. The Balaban J connectivity index is 2.75. The van der Waals surface area contributed by atoms with E-state index in [0.717, 1.165) is 0 Å². The zero-order valence-electron chi connectivity index (χ0n) is 7.86. The third kappa shape index (κ3) is 2.61. The summed E-state index contributed by atoms with van der Waals surface area (Å²) in [7, 11) is 0. The maximum Gasteiger partial charge on any atom is 0.149 e. The Hall–Kier alpha value is -1.80. The smallest absolute Gasteiger partial charge is 0.149 e. The third-order valence-electron chi connectivity index (χ3n) is 1.61. The molecule has 5 heteroatoms. The van der Waals surface area contributed by atoms with E-state index in [1.54, 1.807) is 6.92 Å². The number of nitrogen functional groups attached to an aromatic ring is 1. The van der Waals surface area contributed by atoms with Crippen LogP contribution in [0.1, 0.15) is 12.5 Å². The molecule has 0 aromatic carbocycles. The summed E-state index contributed by atoms with van der Waals surface area (Å²) in [6.07, 6.45) is 0.965. The average Bonchev–Trinajstić information content (AvgIpc) is 2.15. The molecule has 1 aromatic rings. The van der Waals surface area contributed by atoms with Crippen LogP contribution in [0.25, 0.3) is 0 Å². The summed E-state index contributed by atoms with van der Waals surface area (Å²) >= 11 is 0. The van der Waals surface area contributed by atoms with Crippen LogP contribution in [0.2, 0.25) is 0 Å². The molecule has 0 fully saturated rings. The molecular formula is C9H12N4O. The molecule has 0 aliphatic rings. The number of anilines is 2. The van der Waals surface area contributed by atoms with Crippen LogP contribution >= 0.6 is 0 Å². The predicted octanol–water partition coefficient (Wildman–Crippen LogP) is 0.328. The molecule has 0 amide bonds. The largest absolute Gasteiger partial charge is 0.396 e. The van der Waals surface area contributed by atoms with Gasteiger partial charge in [-0.1, -0.05) is 0 Å². The molecule has 1 atom stereocenters. The highest BCUT2D eigenvalue weighted by Gasteiger charge is 2.02. The lowest BCUT2D eigenvalue weighted by molar-refractivity contribution is 0.208. The van der Waals surface area contributed by atoms with Gasteiger partial charge >= 0.3 is 0 Å². The molecule has 1 unspecified atom stereocenters. The Labute approximate surface area is 82.2 Å². The second-order valence-electron chi connectivity index (χ2n) is 3.00. The highest BCUT2D eigenvalue weighted by molar-refractivity contribution is 5.62. The minimum absolute atomic E-state index is 0.378. The van der Waals surface area contributed by atoms with Crippen LogP contribution in [0.3, 0.4) is 0 Å². The minimum Gasteiger partial charge on any atom is -0.396 e. The Bertz CT molecular complexity index is 356. The van der Waals surface area contributed by atoms with E-state index in [-0.39, 0.29) is 0 Å². The molecule has 0 saturated carbocycles. The van der Waals surface area contributed by atoms with E-state index < -0.39 is 6.10 Å². The van der Waals surface area contributed by atoms with Gasteiger partial charge in [-0.05, 0) is 13.0 Å². The molecule has 1 aromatic heterocycles. The maximum absolute atomic E-state index is 9.02. The Kier molecular flexibility index (Phi) is 3.26. The third-order valence-corrected chi connectivity index (χ3v) is 1.61. The number of aliphatic hydroxyl groups excluding tert-OH is 1. The predicted molar refractivity (Wildman–Crippen MR) is 53.5 cm³/mol. The monoisotopic (exact) mass is 192 g/mol. The zero-order chi connectivity index (χ0) is 10.6. The molecule has 0 radical (unpaired) electrons. The summed E-state index contributed by atoms with van der Waals surface area (Å²) in [5, 5.41) is 20.5. The molecule has 0 saturated heterocycles. The van der Waals surface area contributed by atoms with Gasteiger partial charge in [0.1, 0.15) is 11.9 Å². The number of nitrogens with zero attached hydrogens (tertiary/aromatic N) is 2. The molecule has 4 N–H and O–H groups in total. The number of aliphatic hydroxyl groups is 1. The highest BCUT2D eigenvalue weighted by Crippen LogP contribution is 2.15. The molecule has 74 valence electrons. The van der Waals surface area contributed by atoms with E-state index in [4.69, 9.17) is 16.1 Å². The average molecular weight is 192 g/mol. The quantitative estimate of drug-likeness (QED) is 0.641. The van der Waals surface area contributed by atoms with Crippen molar-refractivity contribution in [2.75, 3.05) is 17.6 Å². The first-order valence-corrected chi connectivity index (χ1v) is 4.21. The molecule has 5 nitrogen and oxygen atoms in total. The molecule has 0 aliphatic heterocycles. The van der Waals surface area contributed by atoms with Crippen LogP contribution in [0.4, 0.5) is 11.5 Å². The highest BCUT2D eigenvalue weighted by atomic mass is 16.3. The van der Waals surface area contributed by atoms with Gasteiger partial charge in [0.25, 0.3) is 0 Å². The Morgan fingerprint density at radius 2 is 2.50 bits per heavy atom. The zero-order valence-corrected chi connectivity index (χ0v) is 7.86. The van der Waals surface area contributed by atoms with Crippen molar-refractivity contribution in [1.29, 1.82) is 5.26 Å². The molecule has 14 heavy (non-hydrogen) atoms. The van der Waals surface area contributed by atoms with Gasteiger partial charge in [0.05, 0.1) is 17.4 Å². The van der Waals surface area contributed by atoms with Crippen LogP contribution in [0, 0.1) is 11.3 Å². The van der Waals surface area contributed by atoms with Crippen molar-refractivity contribution in [2.45, 2.75) is 13.0 Å². The normalized spacial score (nSPS) is 11.8. The number of pyridine rings is 1. The number of rotatable bonds is 3. The fourth-order valence-electron chi connectivity index (χ4n) is 0.935. The lowest BCUT2D eigenvalue weighted by Crippen LogP contribution is -2.17. The van der Waals surface area contributed by atoms with Crippen LogP contribution in [0.5, 0.6) is 0 Å². The second kappa shape index (κ2) is 4.44. The number of nitrogens with one attached hydrogen (secondary N) is 1. The number of hydrogen-bond donors (Lipinski definition) is 3. The lowest BCUT2D eigenvalue weighted by atomic mass is 10.2. The summed E-state index contributed by atoms with van der Waals surface area (Å²) in [5.41, 5.74) is 6.45. The first kappa shape index (κ1) is 10.3. The first-order valence-electron chi connectivity index (χ1n) is 4.21.